The second-order valence-corrected chi connectivity index (χ2v) is 4.11. The number of nitrogens with one attached hydrogen (secondary N) is 2. The van der Waals surface area contributed by atoms with Crippen LogP contribution in [0.5, 0.6) is 0 Å². The van der Waals surface area contributed by atoms with Gasteiger partial charge in [-0.2, -0.15) is 0 Å². The van der Waals surface area contributed by atoms with Crippen LogP contribution >= 0.6 is 0 Å². The maximum Gasteiger partial charge on any atom is 0.331 e. The number of rotatable bonds is 5. The van der Waals surface area contributed by atoms with Gasteiger partial charge >= 0.3 is 12.0 Å². The smallest absolute Gasteiger partial charge is 0.331 e. The molecule has 21 heavy (non-hydrogen) atoms. The van der Waals surface area contributed by atoms with Crippen LogP contribution < -0.4 is 10.6 Å². The molecule has 0 radical (unpaired) electrons. The third kappa shape index (κ3) is 5.48. The van der Waals surface area contributed by atoms with Crippen LogP contribution in [0.15, 0.2) is 42.5 Å². The second kappa shape index (κ2) is 8.52. The van der Waals surface area contributed by atoms with E-state index in [9.17, 15) is 14.4 Å². The van der Waals surface area contributed by atoms with Gasteiger partial charge in [0, 0.05) is 18.7 Å². The van der Waals surface area contributed by atoms with Crippen molar-refractivity contribution in [1.82, 2.24) is 10.6 Å². The molecule has 0 unspecified atom stereocenters. The van der Waals surface area contributed by atoms with Crippen molar-refractivity contribution >= 4 is 17.9 Å². The molecule has 2 N–H and O–H groups in total. The Morgan fingerprint density at radius 1 is 1.24 bits per heavy atom. The molecule has 1 rings (SSSR count). The number of imide groups is 1. The van der Waals surface area contributed by atoms with E-state index in [1.165, 1.54) is 13.1 Å². The molecule has 0 aromatic heterocycles. The molecule has 0 saturated heterocycles. The first-order valence-corrected chi connectivity index (χ1v) is 6.53. The van der Waals surface area contributed by atoms with Crippen LogP contribution in [0.4, 0.5) is 4.79 Å². The van der Waals surface area contributed by atoms with Gasteiger partial charge in [0.25, 0.3) is 5.91 Å². The number of ether oxygens (including phenoxy) is 1. The minimum Gasteiger partial charge on any atom is -0.444 e. The number of amides is 3. The molecule has 1 aromatic rings. The molecular formula is C15H18N2O4. The quantitative estimate of drug-likeness (QED) is 0.638. The summed E-state index contributed by atoms with van der Waals surface area (Å²) < 4.78 is 5.13. The van der Waals surface area contributed by atoms with Crippen LogP contribution in [0.25, 0.3) is 0 Å². The van der Waals surface area contributed by atoms with Crippen molar-refractivity contribution in [3.63, 3.8) is 0 Å². The number of carbonyl (C=O) groups is 3. The van der Waals surface area contributed by atoms with Crippen molar-refractivity contribution in [1.29, 1.82) is 0 Å². The Balaban J connectivity index is 2.90. The molecule has 0 aliphatic rings. The lowest BCUT2D eigenvalue weighted by Gasteiger charge is -2.16. The molecule has 0 aliphatic heterocycles. The molecule has 0 aliphatic carbocycles. The van der Waals surface area contributed by atoms with Crippen molar-refractivity contribution in [2.75, 3.05) is 7.05 Å². The van der Waals surface area contributed by atoms with Gasteiger partial charge in [0.15, 0.2) is 0 Å². The highest BCUT2D eigenvalue weighted by molar-refractivity contribution is 5.98. The van der Waals surface area contributed by atoms with Crippen LogP contribution in [0.2, 0.25) is 0 Å². The third-order valence-corrected chi connectivity index (χ3v) is 2.53. The van der Waals surface area contributed by atoms with Gasteiger partial charge in [-0.15, -0.1) is 0 Å². The summed E-state index contributed by atoms with van der Waals surface area (Å²) in [5.41, 5.74) is 0.483. The van der Waals surface area contributed by atoms with E-state index in [1.807, 2.05) is 6.92 Å². The third-order valence-electron chi connectivity index (χ3n) is 2.53. The molecule has 1 atom stereocenters. The van der Waals surface area contributed by atoms with Crippen molar-refractivity contribution in [3.8, 4) is 0 Å². The standard InChI is InChI=1S/C15H18N2O4/c1-3-4-10-12(18)21-13(11-8-6-5-7-9-11)14(19)17-15(20)16-2/h4-10,13H,3H2,1-2H3,(H2,16,17,19,20)/b10-4+/t13-/m1/s1. The number of benzene rings is 1. The van der Waals surface area contributed by atoms with Crippen molar-refractivity contribution in [2.24, 2.45) is 0 Å². The van der Waals surface area contributed by atoms with Gasteiger partial charge in [-0.25, -0.2) is 9.59 Å². The zero-order valence-corrected chi connectivity index (χ0v) is 12.0. The minimum absolute atomic E-state index is 0.483. The predicted molar refractivity (Wildman–Crippen MR) is 77.3 cm³/mol. The number of hydrogen-bond donors (Lipinski definition) is 2. The van der Waals surface area contributed by atoms with Gasteiger partial charge < -0.3 is 10.1 Å². The summed E-state index contributed by atoms with van der Waals surface area (Å²) in [6.07, 6.45) is 2.37. The fraction of sp³-hybridized carbons (Fsp3) is 0.267. The normalized spacial score (nSPS) is 11.7. The van der Waals surface area contributed by atoms with E-state index in [2.05, 4.69) is 10.6 Å². The molecule has 6 nitrogen and oxygen atoms in total. The molecule has 6 heteroatoms. The molecule has 3 amide bonds. The first-order chi connectivity index (χ1) is 10.1. The summed E-state index contributed by atoms with van der Waals surface area (Å²) in [7, 11) is 1.39. The van der Waals surface area contributed by atoms with E-state index in [1.54, 1.807) is 36.4 Å². The number of urea groups is 1. The van der Waals surface area contributed by atoms with Crippen LogP contribution in [0.1, 0.15) is 25.0 Å². The summed E-state index contributed by atoms with van der Waals surface area (Å²) in [6, 6.07) is 7.82. The Bertz CT molecular complexity index is 526. The summed E-state index contributed by atoms with van der Waals surface area (Å²) >= 11 is 0. The summed E-state index contributed by atoms with van der Waals surface area (Å²) in [5, 5.41) is 4.36. The molecule has 112 valence electrons. The zero-order chi connectivity index (χ0) is 15.7. The second-order valence-electron chi connectivity index (χ2n) is 4.11. The van der Waals surface area contributed by atoms with Gasteiger partial charge in [-0.05, 0) is 6.42 Å². The SMILES string of the molecule is CC/C=C/C(=O)O[C@@H](C(=O)NC(=O)NC)c1ccccc1. The monoisotopic (exact) mass is 290 g/mol. The van der Waals surface area contributed by atoms with Crippen molar-refractivity contribution < 1.29 is 19.1 Å². The predicted octanol–water partition coefficient (Wildman–Crippen LogP) is 1.69. The number of allylic oxidation sites excluding steroid dienone is 1. The lowest BCUT2D eigenvalue weighted by atomic mass is 10.1. The fourth-order valence-corrected chi connectivity index (χ4v) is 1.51. The number of esters is 1. The van der Waals surface area contributed by atoms with E-state index in [0.717, 1.165) is 0 Å². The highest BCUT2D eigenvalue weighted by Gasteiger charge is 2.25. The molecule has 0 fully saturated rings. The Morgan fingerprint density at radius 3 is 2.48 bits per heavy atom. The Morgan fingerprint density at radius 2 is 1.90 bits per heavy atom. The Labute approximate surface area is 123 Å². The average Bonchev–Trinajstić information content (AvgIpc) is 2.51. The fourth-order valence-electron chi connectivity index (χ4n) is 1.51. The van der Waals surface area contributed by atoms with Crippen molar-refractivity contribution in [3.05, 3.63) is 48.0 Å². The van der Waals surface area contributed by atoms with Crippen molar-refractivity contribution in [2.45, 2.75) is 19.4 Å². The molecule has 0 heterocycles. The lowest BCUT2D eigenvalue weighted by Crippen LogP contribution is -2.41. The van der Waals surface area contributed by atoms with Gasteiger partial charge in [0.05, 0.1) is 0 Å². The van der Waals surface area contributed by atoms with Crippen LogP contribution in [-0.2, 0) is 14.3 Å². The summed E-state index contributed by atoms with van der Waals surface area (Å²) in [5.74, 6) is -1.35. The number of carbonyl (C=O) groups excluding carboxylic acids is 3. The van der Waals surface area contributed by atoms with E-state index in [0.29, 0.717) is 12.0 Å². The maximum atomic E-state index is 12.0. The zero-order valence-electron chi connectivity index (χ0n) is 12.0. The summed E-state index contributed by atoms with van der Waals surface area (Å²) in [4.78, 5) is 34.9. The van der Waals surface area contributed by atoms with E-state index in [4.69, 9.17) is 4.74 Å². The topological polar surface area (TPSA) is 84.5 Å². The Kier molecular flexibility index (Phi) is 6.67. The average molecular weight is 290 g/mol. The van der Waals surface area contributed by atoms with Gasteiger partial charge in [-0.3, -0.25) is 10.1 Å². The molecule has 0 bridgehead atoms. The van der Waals surface area contributed by atoms with Crippen LogP contribution in [-0.4, -0.2) is 25.0 Å². The number of hydrogen-bond acceptors (Lipinski definition) is 4. The van der Waals surface area contributed by atoms with Gasteiger partial charge in [-0.1, -0.05) is 43.3 Å². The van der Waals surface area contributed by atoms with E-state index in [-0.39, 0.29) is 0 Å². The maximum absolute atomic E-state index is 12.0. The summed E-state index contributed by atoms with van der Waals surface area (Å²) in [6.45, 7) is 1.87. The Hall–Kier alpha value is -2.63. The lowest BCUT2D eigenvalue weighted by molar-refractivity contribution is -0.151. The molecular weight excluding hydrogens is 272 g/mol. The van der Waals surface area contributed by atoms with Gasteiger partial charge in [0.2, 0.25) is 6.10 Å². The van der Waals surface area contributed by atoms with E-state index >= 15 is 0 Å². The van der Waals surface area contributed by atoms with Gasteiger partial charge in [0.1, 0.15) is 0 Å². The molecule has 0 spiro atoms. The highest BCUT2D eigenvalue weighted by Crippen LogP contribution is 2.17. The molecule has 0 saturated carbocycles. The first-order valence-electron chi connectivity index (χ1n) is 6.53. The highest BCUT2D eigenvalue weighted by atomic mass is 16.5. The molecule has 1 aromatic carbocycles. The van der Waals surface area contributed by atoms with E-state index < -0.39 is 24.0 Å². The largest absolute Gasteiger partial charge is 0.444 e. The first kappa shape index (κ1) is 16.4. The van der Waals surface area contributed by atoms with Crippen LogP contribution in [0, 0.1) is 0 Å². The minimum atomic E-state index is -1.18. The van der Waals surface area contributed by atoms with Crippen LogP contribution in [0.3, 0.4) is 0 Å².